The minimum absolute atomic E-state index is 0.0155. The molecule has 29 heavy (non-hydrogen) atoms. The zero-order valence-corrected chi connectivity index (χ0v) is 16.0. The number of allylic oxidation sites excluding steroid dienone is 1. The van der Waals surface area contributed by atoms with E-state index in [9.17, 15) is 22.4 Å². The van der Waals surface area contributed by atoms with Crippen LogP contribution in [0, 0.1) is 5.82 Å². The third-order valence-electron chi connectivity index (χ3n) is 4.18. The van der Waals surface area contributed by atoms with Gasteiger partial charge in [0, 0.05) is 22.7 Å². The lowest BCUT2D eigenvalue weighted by atomic mass is 9.99. The van der Waals surface area contributed by atoms with Crippen molar-refractivity contribution in [1.29, 1.82) is 0 Å². The lowest BCUT2D eigenvalue weighted by Gasteiger charge is -2.18. The lowest BCUT2D eigenvalue weighted by molar-refractivity contribution is -0.107. The van der Waals surface area contributed by atoms with E-state index >= 15 is 0 Å². The second-order valence-corrected chi connectivity index (χ2v) is 7.67. The third-order valence-corrected chi connectivity index (χ3v) is 5.58. The first-order valence-electron chi connectivity index (χ1n) is 8.40. The zero-order valence-electron chi connectivity index (χ0n) is 15.2. The summed E-state index contributed by atoms with van der Waals surface area (Å²) in [7, 11) is -4.59. The molecule has 9 heteroatoms. The van der Waals surface area contributed by atoms with E-state index in [2.05, 4.69) is 0 Å². The van der Waals surface area contributed by atoms with Crippen molar-refractivity contribution in [3.05, 3.63) is 82.0 Å². The molecule has 1 atom stereocenters. The monoisotopic (exact) mass is 417 g/mol. The number of nitrogens with two attached hydrogens (primary N) is 1. The number of hydrogen-bond acceptors (Lipinski definition) is 7. The largest absolute Gasteiger partial charge is 0.422 e. The van der Waals surface area contributed by atoms with Crippen molar-refractivity contribution in [1.82, 2.24) is 0 Å². The van der Waals surface area contributed by atoms with Gasteiger partial charge in [0.05, 0.1) is 5.56 Å². The topological polar surface area (TPSA) is 117 Å². The highest BCUT2D eigenvalue weighted by molar-refractivity contribution is 7.88. The van der Waals surface area contributed by atoms with Crippen LogP contribution in [-0.4, -0.2) is 14.7 Å². The highest BCUT2D eigenvalue weighted by Crippen LogP contribution is 2.33. The molecule has 0 aliphatic carbocycles. The van der Waals surface area contributed by atoms with E-state index in [4.69, 9.17) is 14.3 Å². The van der Waals surface area contributed by atoms with E-state index in [-0.39, 0.29) is 39.8 Å². The quantitative estimate of drug-likeness (QED) is 0.372. The molecule has 0 aliphatic heterocycles. The van der Waals surface area contributed by atoms with E-state index in [1.54, 1.807) is 18.2 Å². The minimum Gasteiger partial charge on any atom is -0.422 e. The van der Waals surface area contributed by atoms with Crippen molar-refractivity contribution in [2.45, 2.75) is 12.2 Å². The molecule has 2 N–H and O–H groups in total. The number of aldehydes is 1. The summed E-state index contributed by atoms with van der Waals surface area (Å²) in [6, 6.07) is 10.7. The Balaban J connectivity index is 2.32. The third kappa shape index (κ3) is 3.90. The van der Waals surface area contributed by atoms with Crippen molar-refractivity contribution >= 4 is 33.1 Å². The summed E-state index contributed by atoms with van der Waals surface area (Å²) in [6.45, 7) is 1.53. The molecule has 0 bridgehead atoms. The van der Waals surface area contributed by atoms with Crippen LogP contribution in [0.4, 0.5) is 4.39 Å². The van der Waals surface area contributed by atoms with Crippen LogP contribution in [0.5, 0.6) is 5.75 Å². The normalized spacial score (nSPS) is 13.2. The standard InChI is InChI=1S/C20H16FNO6S/c1-2-15(22)19-18(14-9-8-12(21)10-16(14)27-20(19)24)17(11-23)29(25,26)28-13-6-4-3-5-7-13/h2-11,17H,22H2,1H3/b15-2-. The number of para-hydroxylation sites is 1. The molecule has 150 valence electrons. The first-order chi connectivity index (χ1) is 13.8. The molecule has 0 saturated carbocycles. The van der Waals surface area contributed by atoms with Crippen molar-refractivity contribution in [2.75, 3.05) is 0 Å². The van der Waals surface area contributed by atoms with Gasteiger partial charge in [0.25, 0.3) is 0 Å². The first kappa shape index (κ1) is 20.3. The van der Waals surface area contributed by atoms with Crippen molar-refractivity contribution in [3.8, 4) is 5.75 Å². The fourth-order valence-electron chi connectivity index (χ4n) is 2.85. The van der Waals surface area contributed by atoms with Crippen LogP contribution in [0.2, 0.25) is 0 Å². The predicted octanol–water partition coefficient (Wildman–Crippen LogP) is 2.90. The maximum atomic E-state index is 13.6. The second kappa shape index (κ2) is 7.88. The molecule has 1 heterocycles. The fourth-order valence-corrected chi connectivity index (χ4v) is 4.01. The number of rotatable bonds is 6. The van der Waals surface area contributed by atoms with Gasteiger partial charge in [-0.05, 0) is 31.2 Å². The van der Waals surface area contributed by atoms with Gasteiger partial charge in [-0.15, -0.1) is 0 Å². The number of fused-ring (bicyclic) bond motifs is 1. The van der Waals surface area contributed by atoms with Gasteiger partial charge in [-0.3, -0.25) is 0 Å². The molecule has 0 radical (unpaired) electrons. The van der Waals surface area contributed by atoms with Gasteiger partial charge in [0.2, 0.25) is 0 Å². The molecule has 0 aliphatic rings. The van der Waals surface area contributed by atoms with Crippen LogP contribution < -0.4 is 15.5 Å². The van der Waals surface area contributed by atoms with E-state index in [0.717, 1.165) is 12.1 Å². The summed E-state index contributed by atoms with van der Waals surface area (Å²) >= 11 is 0. The van der Waals surface area contributed by atoms with Gasteiger partial charge in [-0.2, -0.15) is 8.42 Å². The van der Waals surface area contributed by atoms with E-state index in [0.29, 0.717) is 0 Å². The van der Waals surface area contributed by atoms with Gasteiger partial charge in [-0.1, -0.05) is 24.3 Å². The van der Waals surface area contributed by atoms with Crippen LogP contribution in [0.3, 0.4) is 0 Å². The van der Waals surface area contributed by atoms with Gasteiger partial charge >= 0.3 is 15.7 Å². The average molecular weight is 417 g/mol. The van der Waals surface area contributed by atoms with Crippen molar-refractivity contribution in [2.24, 2.45) is 5.73 Å². The van der Waals surface area contributed by atoms with Crippen LogP contribution in [0.25, 0.3) is 16.7 Å². The number of carbonyl (C=O) groups excluding carboxylic acids is 1. The molecule has 0 amide bonds. The second-order valence-electron chi connectivity index (χ2n) is 6.01. The molecule has 2 aromatic carbocycles. The Bertz CT molecular complexity index is 1270. The molecule has 3 aromatic rings. The Labute approximate surface area is 165 Å². The minimum atomic E-state index is -4.59. The molecule has 3 rings (SSSR count). The maximum absolute atomic E-state index is 13.6. The summed E-state index contributed by atoms with van der Waals surface area (Å²) < 4.78 is 49.6. The number of benzene rings is 2. The van der Waals surface area contributed by atoms with Gasteiger partial charge < -0.3 is 19.1 Å². The number of hydrogen-bond donors (Lipinski definition) is 1. The molecule has 1 unspecified atom stereocenters. The summed E-state index contributed by atoms with van der Waals surface area (Å²) in [4.78, 5) is 24.4. The molecule has 0 saturated heterocycles. The highest BCUT2D eigenvalue weighted by Gasteiger charge is 2.35. The van der Waals surface area contributed by atoms with Crippen molar-refractivity contribution < 1.29 is 26.2 Å². The first-order valence-corrected chi connectivity index (χ1v) is 9.87. The molecular weight excluding hydrogens is 401 g/mol. The molecular formula is C20H16FNO6S. The Morgan fingerprint density at radius 1 is 1.21 bits per heavy atom. The Morgan fingerprint density at radius 3 is 2.52 bits per heavy atom. The Hall–Kier alpha value is -3.46. The number of halogens is 1. The van der Waals surface area contributed by atoms with Gasteiger partial charge in [0.15, 0.2) is 5.25 Å². The average Bonchev–Trinajstić information content (AvgIpc) is 2.67. The van der Waals surface area contributed by atoms with Crippen LogP contribution in [-0.2, 0) is 14.9 Å². The summed E-state index contributed by atoms with van der Waals surface area (Å²) in [6.07, 6.45) is 1.49. The SMILES string of the molecule is C/C=C(\N)c1c(C(C=O)S(=O)(=O)Oc2ccccc2)c2ccc(F)cc2oc1=O. The summed E-state index contributed by atoms with van der Waals surface area (Å²) in [5.41, 5.74) is 4.02. The fraction of sp³-hybridized carbons (Fsp3) is 0.100. The van der Waals surface area contributed by atoms with Crippen LogP contribution >= 0.6 is 0 Å². The lowest BCUT2D eigenvalue weighted by Crippen LogP contribution is -2.25. The van der Waals surface area contributed by atoms with Gasteiger partial charge in [0.1, 0.15) is 23.4 Å². The summed E-state index contributed by atoms with van der Waals surface area (Å²) in [5.74, 6) is -0.720. The van der Waals surface area contributed by atoms with Gasteiger partial charge in [-0.25, -0.2) is 9.18 Å². The smallest absolute Gasteiger partial charge is 0.346 e. The molecule has 0 fully saturated rings. The van der Waals surface area contributed by atoms with Crippen LogP contribution in [0.1, 0.15) is 23.3 Å². The predicted molar refractivity (Wildman–Crippen MR) is 105 cm³/mol. The highest BCUT2D eigenvalue weighted by atomic mass is 32.2. The molecule has 1 aromatic heterocycles. The molecule has 7 nitrogen and oxygen atoms in total. The zero-order chi connectivity index (χ0) is 21.2. The van der Waals surface area contributed by atoms with Crippen molar-refractivity contribution in [3.63, 3.8) is 0 Å². The van der Waals surface area contributed by atoms with E-state index < -0.39 is 26.8 Å². The number of carbonyl (C=O) groups is 1. The maximum Gasteiger partial charge on any atom is 0.346 e. The molecule has 0 spiro atoms. The Kier molecular flexibility index (Phi) is 5.51. The van der Waals surface area contributed by atoms with E-state index in [1.165, 1.54) is 31.2 Å². The van der Waals surface area contributed by atoms with Crippen LogP contribution in [0.15, 0.2) is 63.8 Å². The van der Waals surface area contributed by atoms with E-state index in [1.807, 2.05) is 0 Å². The summed E-state index contributed by atoms with van der Waals surface area (Å²) in [5, 5.41) is -1.86. The Morgan fingerprint density at radius 2 is 1.90 bits per heavy atom.